The summed E-state index contributed by atoms with van der Waals surface area (Å²) in [5.74, 6) is 13.7. The van der Waals surface area contributed by atoms with Crippen molar-refractivity contribution in [1.82, 2.24) is 63.6 Å². The summed E-state index contributed by atoms with van der Waals surface area (Å²) in [6.07, 6.45) is 20.2. The maximum Gasteiger partial charge on any atom is 0.416 e. The maximum absolute atomic E-state index is 14.0. The van der Waals surface area contributed by atoms with Gasteiger partial charge >= 0.3 is 12.2 Å². The van der Waals surface area contributed by atoms with E-state index in [9.17, 15) is 46.7 Å². The van der Waals surface area contributed by atoms with E-state index in [2.05, 4.69) is 157 Å². The zero-order chi connectivity index (χ0) is 88.2. The Labute approximate surface area is 758 Å². The Balaban J connectivity index is 0.000000137. The van der Waals surface area contributed by atoms with E-state index in [-0.39, 0.29) is 35.4 Å². The molecule has 12 aromatic rings. The number of anilines is 3. The quantitative estimate of drug-likeness (QED) is 0.0424. The molecule has 0 saturated carbocycles. The van der Waals surface area contributed by atoms with Crippen LogP contribution in [0.4, 0.5) is 35.0 Å². The summed E-state index contributed by atoms with van der Waals surface area (Å²) in [5.41, 5.74) is 26.8. The molecule has 0 atom stereocenters. The molecule has 7 aliphatic rings. The minimum Gasteiger partial charge on any atom is -0.399 e. The third-order valence-electron chi connectivity index (χ3n) is 23.3. The van der Waals surface area contributed by atoms with Crippen molar-refractivity contribution in [2.45, 2.75) is 110 Å². The normalized spacial score (nSPS) is 15.0. The first-order valence-corrected chi connectivity index (χ1v) is 44.5. The number of aromatic amines is 2. The number of rotatable bonds is 8. The minimum atomic E-state index is -4.57. The zero-order valence-electron chi connectivity index (χ0n) is 69.9. The Morgan fingerprint density at radius 3 is 1.52 bits per heavy atom. The molecule has 29 heteroatoms. The average Bonchev–Trinajstić information content (AvgIpc) is 1.64. The Morgan fingerprint density at radius 2 is 0.984 bits per heavy atom. The highest BCUT2D eigenvalue weighted by Gasteiger charge is 2.35. The molecule has 0 unspecified atom stereocenters. The van der Waals surface area contributed by atoms with Crippen molar-refractivity contribution in [3.8, 4) is 57.5 Å². The molecule has 1 fully saturated rings. The van der Waals surface area contributed by atoms with E-state index in [0.717, 1.165) is 222 Å². The molecule has 3 aliphatic heterocycles. The lowest BCUT2D eigenvalue weighted by Gasteiger charge is -2.34. The minimum absolute atomic E-state index is 0.0189. The number of Topliss-reactive ketones (excluding diaryl/α,β-unsaturated/α-hetero) is 4. The molecule has 19 rings (SSSR count). The van der Waals surface area contributed by atoms with Gasteiger partial charge < -0.3 is 60.1 Å². The number of fused-ring (bicyclic) bond motifs is 6. The van der Waals surface area contributed by atoms with Crippen molar-refractivity contribution in [3.05, 3.63) is 278 Å². The maximum atomic E-state index is 14.0. The van der Waals surface area contributed by atoms with E-state index >= 15 is 0 Å². The summed E-state index contributed by atoms with van der Waals surface area (Å²) in [5, 5.41) is 11.0. The van der Waals surface area contributed by atoms with Gasteiger partial charge in [0.05, 0.1) is 46.6 Å². The van der Waals surface area contributed by atoms with Gasteiger partial charge in [-0.2, -0.15) is 13.2 Å². The second-order valence-electron chi connectivity index (χ2n) is 31.3. The van der Waals surface area contributed by atoms with Gasteiger partial charge in [-0.25, -0.2) is 4.79 Å². The lowest BCUT2D eigenvalue weighted by molar-refractivity contribution is -0.138. The van der Waals surface area contributed by atoms with Gasteiger partial charge in [0.1, 0.15) is 0 Å². The number of nitrogens with one attached hydrogen (secondary N) is 6. The SMILES string of the molecule is CCN1CCN(Cc2ccc(NC(=O)Nc3cccc(C#Cc4cnccc4-c4cc5c(n4C)CCNC5=O)c3)cc2C(F)(F)F)CC1.Cn1c(-c2ccncc2Br)cc2c1CCCC2=O.Cn1c(-c2ccncc2C#Cc2cccc(N)c2)cc2c1CCNC2=O.Cn1c(I)cc2c1CCCC2=O.O=C1CCCc2[nH]c(I)cc21.O=C1CCCc2[nH]ccc21. The van der Waals surface area contributed by atoms with Crippen LogP contribution in [0.5, 0.6) is 0 Å². The molecule has 642 valence electrons. The zero-order valence-corrected chi connectivity index (χ0v) is 75.8. The van der Waals surface area contributed by atoms with Crippen LogP contribution < -0.4 is 27.0 Å². The highest BCUT2D eigenvalue weighted by atomic mass is 127. The van der Waals surface area contributed by atoms with Crippen LogP contribution in [0.15, 0.2) is 169 Å². The number of likely N-dealkylation sites (N-methyl/N-ethyl adjacent to an activating group) is 1. The molecule has 4 aliphatic carbocycles. The number of hydrogen-bond donors (Lipinski definition) is 7. The molecular weight excluding hydrogens is 1880 g/mol. The molecule has 3 aromatic carbocycles. The van der Waals surface area contributed by atoms with Crippen LogP contribution in [0.25, 0.3) is 33.8 Å². The van der Waals surface area contributed by atoms with Crippen LogP contribution in [0.2, 0.25) is 0 Å². The fourth-order valence-corrected chi connectivity index (χ4v) is 18.3. The molecule has 8 N–H and O–H groups in total. The van der Waals surface area contributed by atoms with E-state index in [1.54, 1.807) is 61.4 Å². The standard InChI is InChI=1S/C36H36F3N7O2.C21H18N4O.C14H13BrN2O.C9H10INO.C8H8INO.C8H9NO/c1-3-45-15-17-46(18-16-45)23-26-9-10-28(20-31(26)36(37,38)39)43-35(48)42-27-6-4-5-24(19-27)7-8-25-22-40-13-11-29(25)33-21-30-32(44(33)2)12-14-41-34(30)47;1-25-19-8-10-24-21(26)18(19)12-20(25)17-7-9-23-13-15(17)6-5-14-3-2-4-16(22)11-14;1-17-12-3-2-4-14(18)10(12)7-13(17)9-5-6-16-8-11(9)15;1-11-7-3-2-4-8(12)6(7)5-9(11)10;9-8-4-5-6(10-8)2-1-3-7(5)11;10-8-3-1-2-7-6(8)4-5-9-7/h4-6,9-11,13,19-22H,3,12,14-18,23H2,1-2H3,(H,41,47)(H2,42,43,48);2-4,7,9,11-13H,8,10,22H2,1H3,(H,24,26);5-8H,2-4H2,1H3;5H,2-4H2,1H3;4,10H,1-3H2;4-5,9H,1-3H2. The number of nitrogens with zero attached hydrogens (tertiary/aromatic N) is 9. The molecule has 1 saturated heterocycles. The lowest BCUT2D eigenvalue weighted by atomic mass is 9.96. The second kappa shape index (κ2) is 40.5. The van der Waals surface area contributed by atoms with Crippen molar-refractivity contribution in [2.24, 2.45) is 28.2 Å². The van der Waals surface area contributed by atoms with Crippen molar-refractivity contribution >= 4 is 119 Å². The number of aryl methyl sites for hydroxylation is 2. The first-order valence-electron chi connectivity index (χ1n) is 41.6. The molecule has 0 spiro atoms. The van der Waals surface area contributed by atoms with E-state index in [4.69, 9.17) is 5.73 Å². The molecule has 125 heavy (non-hydrogen) atoms. The molecule has 12 heterocycles. The molecule has 4 amide bonds. The monoisotopic (exact) mass is 1970 g/mol. The first-order chi connectivity index (χ1) is 60.2. The van der Waals surface area contributed by atoms with Crippen LogP contribution in [0.1, 0.15) is 188 Å². The number of halogens is 6. The van der Waals surface area contributed by atoms with Gasteiger partial charge in [-0.1, -0.05) is 48.8 Å². The molecule has 9 aromatic heterocycles. The molecule has 0 radical (unpaired) electrons. The Bertz CT molecular complexity index is 6250. The van der Waals surface area contributed by atoms with Crippen molar-refractivity contribution < 1.29 is 46.7 Å². The van der Waals surface area contributed by atoms with Crippen LogP contribution in [-0.4, -0.2) is 140 Å². The highest BCUT2D eigenvalue weighted by Crippen LogP contribution is 2.38. The second-order valence-corrected chi connectivity index (χ2v) is 34.4. The van der Waals surface area contributed by atoms with E-state index in [1.807, 2.05) is 123 Å². The Hall–Kier alpha value is -11.8. The number of carbonyl (C=O) groups is 7. The third kappa shape index (κ3) is 21.4. The largest absolute Gasteiger partial charge is 0.416 e. The number of benzene rings is 3. The Morgan fingerprint density at radius 1 is 0.496 bits per heavy atom. The molecular formula is C96H94BrF3I2N16O7. The average molecular weight is 1970 g/mol. The van der Waals surface area contributed by atoms with Gasteiger partial charge in [0.15, 0.2) is 23.1 Å². The molecule has 23 nitrogen and oxygen atoms in total. The summed E-state index contributed by atoms with van der Waals surface area (Å²) in [4.78, 5) is 106. The van der Waals surface area contributed by atoms with Crippen molar-refractivity contribution in [1.29, 1.82) is 0 Å². The predicted octanol–water partition coefficient (Wildman–Crippen LogP) is 17.1. The number of hydrogen-bond acceptors (Lipinski definition) is 13. The fourth-order valence-electron chi connectivity index (χ4n) is 16.6. The number of pyridine rings is 3. The number of H-pyrrole nitrogens is 2. The summed E-state index contributed by atoms with van der Waals surface area (Å²) < 4.78 is 53.7. The van der Waals surface area contributed by atoms with Gasteiger partial charge in [-0.15, -0.1) is 0 Å². The number of ketones is 4. The smallest absolute Gasteiger partial charge is 0.399 e. The van der Waals surface area contributed by atoms with Gasteiger partial charge in [0, 0.05) is 267 Å². The first kappa shape index (κ1) is 89.5. The third-order valence-corrected chi connectivity index (χ3v) is 25.5. The van der Waals surface area contributed by atoms with Gasteiger partial charge in [0.2, 0.25) is 0 Å². The highest BCUT2D eigenvalue weighted by molar-refractivity contribution is 14.1. The lowest BCUT2D eigenvalue weighted by Crippen LogP contribution is -2.45. The van der Waals surface area contributed by atoms with E-state index < -0.39 is 17.8 Å². The van der Waals surface area contributed by atoms with Gasteiger partial charge in [-0.05, 0) is 228 Å². The van der Waals surface area contributed by atoms with Crippen LogP contribution >= 0.6 is 61.1 Å². The summed E-state index contributed by atoms with van der Waals surface area (Å²) in [7, 11) is 7.97. The van der Waals surface area contributed by atoms with Crippen molar-refractivity contribution in [3.63, 3.8) is 0 Å². The van der Waals surface area contributed by atoms with E-state index in [0.29, 0.717) is 78.0 Å². The number of alkyl halides is 3. The van der Waals surface area contributed by atoms with Crippen LogP contribution in [0.3, 0.4) is 0 Å². The topological polar surface area (TPSA) is 290 Å². The summed E-state index contributed by atoms with van der Waals surface area (Å²) in [6.45, 7) is 7.50. The van der Waals surface area contributed by atoms with Crippen LogP contribution in [0, 0.1) is 31.1 Å². The number of piperazine rings is 1. The molecule has 0 bridgehead atoms. The van der Waals surface area contributed by atoms with Crippen molar-refractivity contribution in [2.75, 3.05) is 62.2 Å². The Kier molecular flexibility index (Phi) is 29.0. The van der Waals surface area contributed by atoms with Crippen LogP contribution in [-0.2, 0) is 79.4 Å². The number of amides is 4. The van der Waals surface area contributed by atoms with Gasteiger partial charge in [0.25, 0.3) is 11.8 Å². The predicted molar refractivity (Wildman–Crippen MR) is 498 cm³/mol. The summed E-state index contributed by atoms with van der Waals surface area (Å²) >= 11 is 7.98. The number of aromatic nitrogens is 9. The van der Waals surface area contributed by atoms with E-state index in [1.165, 1.54) is 17.8 Å². The number of nitrogens with two attached hydrogens (primary N) is 1. The van der Waals surface area contributed by atoms with Gasteiger partial charge in [-0.3, -0.25) is 48.6 Å². The number of carbonyl (C=O) groups excluding carboxylic acids is 7. The number of urea groups is 1. The summed E-state index contributed by atoms with van der Waals surface area (Å²) in [6, 6.07) is 35.0. The number of nitrogen functional groups attached to an aromatic ring is 1. The fraction of sp³-hybridized carbons (Fsp3) is 0.292.